The maximum atomic E-state index is 13.3. The minimum absolute atomic E-state index is 0.157. The molecule has 0 unspecified atom stereocenters. The Hall–Kier alpha value is -2.83. The van der Waals surface area contributed by atoms with Crippen LogP contribution in [0.1, 0.15) is 73.4 Å². The summed E-state index contributed by atoms with van der Waals surface area (Å²) in [6.45, 7) is 11.7. The zero-order valence-corrected chi connectivity index (χ0v) is 30.3. The van der Waals surface area contributed by atoms with Gasteiger partial charge in [0.2, 0.25) is 0 Å². The van der Waals surface area contributed by atoms with Crippen molar-refractivity contribution in [2.24, 2.45) is 0 Å². The molecule has 0 aliphatic rings. The molecule has 0 aliphatic heterocycles. The molecule has 0 aromatic heterocycles. The van der Waals surface area contributed by atoms with Crippen LogP contribution in [0.2, 0.25) is 5.02 Å². The van der Waals surface area contributed by atoms with Gasteiger partial charge in [0.1, 0.15) is 0 Å². The van der Waals surface area contributed by atoms with Gasteiger partial charge in [0, 0.05) is 0 Å². The van der Waals surface area contributed by atoms with Crippen LogP contribution in [0.3, 0.4) is 0 Å². The fourth-order valence-corrected chi connectivity index (χ4v) is 12.3. The van der Waals surface area contributed by atoms with Gasteiger partial charge < -0.3 is 5.11 Å². The second-order valence-corrected chi connectivity index (χ2v) is 22.0. The molecule has 10 nitrogen and oxygen atoms in total. The number of hydrogen-bond donors (Lipinski definition) is 3. The van der Waals surface area contributed by atoms with Gasteiger partial charge >= 0.3 is 269 Å². The summed E-state index contributed by atoms with van der Waals surface area (Å²) in [6, 6.07) is 10.9. The number of carboxylic acid groups (broad SMARTS) is 1. The van der Waals surface area contributed by atoms with Gasteiger partial charge in [-0.25, -0.2) is 4.79 Å². The van der Waals surface area contributed by atoms with Gasteiger partial charge in [-0.15, -0.1) is 0 Å². The minimum atomic E-state index is -4.43. The van der Waals surface area contributed by atoms with E-state index < -0.39 is 64.9 Å². The summed E-state index contributed by atoms with van der Waals surface area (Å²) >= 11 is 5.31. The molecule has 0 aliphatic carbocycles. The number of benzene rings is 3. The number of rotatable bonds is 10. The second kappa shape index (κ2) is 13.5. The Morgan fingerprint density at radius 3 is 1.84 bits per heavy atom. The first-order valence-corrected chi connectivity index (χ1v) is 20.8. The van der Waals surface area contributed by atoms with Crippen molar-refractivity contribution >= 4 is 72.5 Å². The first-order chi connectivity index (χ1) is 20.5. The number of nitrogens with one attached hydrogen (secondary N) is 1. The number of amides is 1. The third-order valence-corrected chi connectivity index (χ3v) is 15.3. The van der Waals surface area contributed by atoms with Gasteiger partial charge in [-0.3, -0.25) is 0 Å². The third-order valence-electron chi connectivity index (χ3n) is 6.39. The summed E-state index contributed by atoms with van der Waals surface area (Å²) < 4.78 is 53.1. The number of thioether (sulfide) groups is 1. The molecule has 1 amide bonds. The molecule has 0 atom stereocenters. The number of phenols is 1. The number of carbonyl (C=O) groups excluding carboxylic acids is 2. The zero-order chi connectivity index (χ0) is 34.1. The van der Waals surface area contributed by atoms with Crippen molar-refractivity contribution in [3.05, 3.63) is 81.9 Å². The van der Waals surface area contributed by atoms with E-state index in [1.54, 1.807) is 12.1 Å². The SMILES string of the molecule is CC(C)(C)c1cc(SCC(=O)[As]S(=O)(=O)c2cc(C(=O)NS(=O)(=O)c3ccc(C(=O)O)cc3)ccc2Cl)cc(C(C)(C)C)c1O. The summed E-state index contributed by atoms with van der Waals surface area (Å²) in [7, 11) is -8.69. The molecule has 3 N–H and O–H groups in total. The molecule has 15 heteroatoms. The predicted molar refractivity (Wildman–Crippen MR) is 174 cm³/mol. The van der Waals surface area contributed by atoms with Crippen molar-refractivity contribution in [3.63, 3.8) is 0 Å². The molecule has 0 fully saturated rings. The molecule has 241 valence electrons. The average Bonchev–Trinajstić information content (AvgIpc) is 2.90. The van der Waals surface area contributed by atoms with Crippen molar-refractivity contribution in [1.29, 1.82) is 0 Å². The summed E-state index contributed by atoms with van der Waals surface area (Å²) in [6.07, 6.45) is 0. The van der Waals surface area contributed by atoms with E-state index in [2.05, 4.69) is 0 Å². The molecule has 0 bridgehead atoms. The van der Waals surface area contributed by atoms with Gasteiger partial charge in [0.05, 0.1) is 0 Å². The first kappa shape index (κ1) is 36.6. The normalized spacial score (nSPS) is 12.8. The van der Waals surface area contributed by atoms with Gasteiger partial charge in [0.15, 0.2) is 0 Å². The van der Waals surface area contributed by atoms with E-state index in [1.165, 1.54) is 0 Å². The van der Waals surface area contributed by atoms with Crippen LogP contribution in [-0.4, -0.2) is 63.8 Å². The van der Waals surface area contributed by atoms with Crippen LogP contribution in [0.25, 0.3) is 0 Å². The molecule has 3 aromatic rings. The molecule has 0 spiro atoms. The maximum absolute atomic E-state index is 13.3. The van der Waals surface area contributed by atoms with Crippen molar-refractivity contribution in [2.75, 3.05) is 5.75 Å². The summed E-state index contributed by atoms with van der Waals surface area (Å²) in [5, 5.41) is 19.7. The van der Waals surface area contributed by atoms with E-state index >= 15 is 0 Å². The number of hydrogen-bond acceptors (Lipinski definition) is 9. The van der Waals surface area contributed by atoms with Gasteiger partial charge in [-0.2, -0.15) is 0 Å². The van der Waals surface area contributed by atoms with E-state index in [-0.39, 0.29) is 32.5 Å². The average molecular weight is 757 g/mol. The molecule has 3 aromatic carbocycles. The predicted octanol–water partition coefficient (Wildman–Crippen LogP) is 5.17. The van der Waals surface area contributed by atoms with E-state index in [0.29, 0.717) is 16.0 Å². The van der Waals surface area contributed by atoms with Crippen LogP contribution in [0.5, 0.6) is 5.75 Å². The number of carbonyl (C=O) groups is 3. The standard InChI is InChI=1S/C30H32AsClNO9S3/c1-29(2,3)21-14-19(15-22(26(21)35)30(4,5)6)43-16-25(34)31-44(39,40)24-13-18(9-12-23(24)32)27(36)33-45(41,42)20-10-7-17(8-11-20)28(37)38/h7-15,35H,16H2,1-6H3,(H,33,36)(H,37,38). The van der Waals surface area contributed by atoms with Crippen LogP contribution in [-0.2, 0) is 33.7 Å². The van der Waals surface area contributed by atoms with Gasteiger partial charge in [0.25, 0.3) is 0 Å². The van der Waals surface area contributed by atoms with Crippen molar-refractivity contribution in [1.82, 2.24) is 4.72 Å². The monoisotopic (exact) mass is 756 g/mol. The molecule has 0 saturated heterocycles. The zero-order valence-electron chi connectivity index (χ0n) is 25.2. The number of aromatic hydroxyl groups is 1. The summed E-state index contributed by atoms with van der Waals surface area (Å²) in [5.41, 5.74) is 0.131. The first-order valence-electron chi connectivity index (χ1n) is 13.2. The Balaban J connectivity index is 1.79. The molecule has 0 saturated carbocycles. The number of sulfonamides is 1. The molecule has 45 heavy (non-hydrogen) atoms. The van der Waals surface area contributed by atoms with Crippen molar-refractivity contribution in [2.45, 2.75) is 67.1 Å². The number of carboxylic acids is 1. The fraction of sp³-hybridized carbons (Fsp3) is 0.300. The topological polar surface area (TPSA) is 172 Å². The van der Waals surface area contributed by atoms with Crippen molar-refractivity contribution < 1.29 is 41.4 Å². The van der Waals surface area contributed by atoms with E-state index in [9.17, 15) is 36.3 Å². The fourth-order valence-electron chi connectivity index (χ4n) is 4.05. The Morgan fingerprint density at radius 2 is 1.36 bits per heavy atom. The molecule has 1 radical (unpaired) electrons. The number of halogens is 1. The van der Waals surface area contributed by atoms with Crippen LogP contribution in [0, 0.1) is 0 Å². The Labute approximate surface area is 277 Å². The molecule has 0 heterocycles. The second-order valence-electron chi connectivity index (χ2n) is 12.0. The molecular formula is C30H32AsClNO9S3. The van der Waals surface area contributed by atoms with Crippen LogP contribution in [0.15, 0.2) is 69.3 Å². The third kappa shape index (κ3) is 9.13. The van der Waals surface area contributed by atoms with Crippen LogP contribution >= 0.6 is 23.4 Å². The summed E-state index contributed by atoms with van der Waals surface area (Å²) in [5.74, 6) is -2.39. The summed E-state index contributed by atoms with van der Waals surface area (Å²) in [4.78, 5) is 36.6. The van der Waals surface area contributed by atoms with Gasteiger partial charge in [-0.05, 0) is 0 Å². The molecular weight excluding hydrogens is 725 g/mol. The van der Waals surface area contributed by atoms with Crippen LogP contribution < -0.4 is 4.72 Å². The van der Waals surface area contributed by atoms with Crippen LogP contribution in [0.4, 0.5) is 0 Å². The van der Waals surface area contributed by atoms with E-state index in [4.69, 9.17) is 16.7 Å². The Morgan fingerprint density at radius 1 is 0.844 bits per heavy atom. The van der Waals surface area contributed by atoms with Crippen molar-refractivity contribution in [3.8, 4) is 5.75 Å². The quantitative estimate of drug-likeness (QED) is 0.185. The Bertz CT molecular complexity index is 1840. The molecule has 3 rings (SSSR count). The number of phenolic OH excluding ortho intramolecular Hbond substituents is 1. The number of aromatic carboxylic acids is 1. The van der Waals surface area contributed by atoms with E-state index in [0.717, 1.165) is 54.2 Å². The van der Waals surface area contributed by atoms with Gasteiger partial charge in [-0.1, -0.05) is 0 Å². The Kier molecular flexibility index (Phi) is 11.0. The van der Waals surface area contributed by atoms with E-state index in [1.807, 2.05) is 46.3 Å².